The van der Waals surface area contributed by atoms with Crippen molar-refractivity contribution >= 4 is 35.1 Å². The highest BCUT2D eigenvalue weighted by Crippen LogP contribution is 2.29. The fourth-order valence-electron chi connectivity index (χ4n) is 3.22. The number of amides is 1. The molecule has 0 spiro atoms. The van der Waals surface area contributed by atoms with Crippen LogP contribution < -0.4 is 10.1 Å². The molecule has 1 N–H and O–H groups in total. The van der Waals surface area contributed by atoms with E-state index >= 15 is 0 Å². The van der Waals surface area contributed by atoms with Gasteiger partial charge in [0.15, 0.2) is 12.4 Å². The standard InChI is InChI=1S/C23H20ClN3O3/c1-14-3-5-16(6-4-14)12-27-23(24)18(15(2)26-27)8-9-20(28)17-7-10-21-19(11-17)25-22(29)13-30-21/h3-11H,12-13H2,1-2H3,(H,25,29). The van der Waals surface area contributed by atoms with E-state index in [0.717, 1.165) is 11.3 Å². The van der Waals surface area contributed by atoms with E-state index in [1.165, 1.54) is 11.6 Å². The summed E-state index contributed by atoms with van der Waals surface area (Å²) >= 11 is 6.53. The Labute approximate surface area is 179 Å². The van der Waals surface area contributed by atoms with Crippen LogP contribution in [0.25, 0.3) is 6.08 Å². The number of aryl methyl sites for hydroxylation is 2. The van der Waals surface area contributed by atoms with Crippen molar-refractivity contribution in [2.75, 3.05) is 11.9 Å². The van der Waals surface area contributed by atoms with Crippen molar-refractivity contribution in [3.8, 4) is 5.75 Å². The van der Waals surface area contributed by atoms with Crippen molar-refractivity contribution in [2.45, 2.75) is 20.4 Å². The van der Waals surface area contributed by atoms with Crippen molar-refractivity contribution in [3.05, 3.63) is 81.6 Å². The molecule has 6 nitrogen and oxygen atoms in total. The lowest BCUT2D eigenvalue weighted by molar-refractivity contribution is -0.118. The largest absolute Gasteiger partial charge is 0.482 e. The first kappa shape index (κ1) is 19.9. The molecule has 0 bridgehead atoms. The van der Waals surface area contributed by atoms with E-state index in [9.17, 15) is 9.59 Å². The minimum absolute atomic E-state index is 0.0233. The number of nitrogens with one attached hydrogen (secondary N) is 1. The van der Waals surface area contributed by atoms with Gasteiger partial charge in [-0.05, 0) is 49.8 Å². The second kappa shape index (κ2) is 8.16. The van der Waals surface area contributed by atoms with E-state index in [1.54, 1.807) is 29.0 Å². The molecule has 2 heterocycles. The number of benzene rings is 2. The number of carbonyl (C=O) groups excluding carboxylic acids is 2. The first-order valence-corrected chi connectivity index (χ1v) is 9.86. The predicted octanol–water partition coefficient (Wildman–Crippen LogP) is 4.43. The second-order valence-corrected chi connectivity index (χ2v) is 7.54. The summed E-state index contributed by atoms with van der Waals surface area (Å²) < 4.78 is 7.04. The SMILES string of the molecule is Cc1ccc(Cn2nc(C)c(C=CC(=O)c3ccc4c(c3)NC(=O)CO4)c2Cl)cc1. The van der Waals surface area contributed by atoms with E-state index in [4.69, 9.17) is 16.3 Å². The number of ether oxygens (including phenoxy) is 1. The van der Waals surface area contributed by atoms with Gasteiger partial charge in [-0.2, -0.15) is 5.10 Å². The van der Waals surface area contributed by atoms with Gasteiger partial charge in [0.25, 0.3) is 5.91 Å². The Morgan fingerprint density at radius 1 is 1.23 bits per heavy atom. The number of hydrogen-bond acceptors (Lipinski definition) is 4. The molecule has 2 aromatic carbocycles. The third-order valence-electron chi connectivity index (χ3n) is 4.86. The van der Waals surface area contributed by atoms with Crippen LogP contribution in [0.2, 0.25) is 5.15 Å². The summed E-state index contributed by atoms with van der Waals surface area (Å²) in [6.45, 7) is 4.42. The number of rotatable bonds is 5. The number of anilines is 1. The van der Waals surface area contributed by atoms with Crippen LogP contribution in [-0.4, -0.2) is 28.1 Å². The minimum atomic E-state index is -0.244. The quantitative estimate of drug-likeness (QED) is 0.488. The van der Waals surface area contributed by atoms with Crippen molar-refractivity contribution in [3.63, 3.8) is 0 Å². The average Bonchev–Trinajstić information content (AvgIpc) is 3.00. The Balaban J connectivity index is 1.53. The van der Waals surface area contributed by atoms with Crippen LogP contribution in [0.4, 0.5) is 5.69 Å². The molecular formula is C23H20ClN3O3. The van der Waals surface area contributed by atoms with Crippen molar-refractivity contribution in [2.24, 2.45) is 0 Å². The van der Waals surface area contributed by atoms with Crippen LogP contribution in [0, 0.1) is 13.8 Å². The average molecular weight is 422 g/mol. The molecule has 3 aromatic rings. The van der Waals surface area contributed by atoms with Gasteiger partial charge in [-0.3, -0.25) is 9.59 Å². The Morgan fingerprint density at radius 2 is 2.00 bits per heavy atom. The molecule has 0 aliphatic carbocycles. The smallest absolute Gasteiger partial charge is 0.262 e. The van der Waals surface area contributed by atoms with Gasteiger partial charge in [-0.25, -0.2) is 4.68 Å². The van der Waals surface area contributed by atoms with Crippen LogP contribution in [0.3, 0.4) is 0 Å². The molecule has 30 heavy (non-hydrogen) atoms. The van der Waals surface area contributed by atoms with Gasteiger partial charge < -0.3 is 10.1 Å². The number of aromatic nitrogens is 2. The number of hydrogen-bond donors (Lipinski definition) is 1. The third-order valence-corrected chi connectivity index (χ3v) is 5.26. The molecule has 0 radical (unpaired) electrons. The Bertz CT molecular complexity index is 1160. The number of fused-ring (bicyclic) bond motifs is 1. The van der Waals surface area contributed by atoms with Crippen molar-refractivity contribution in [1.29, 1.82) is 0 Å². The predicted molar refractivity (Wildman–Crippen MR) is 116 cm³/mol. The molecule has 1 aliphatic heterocycles. The van der Waals surface area contributed by atoms with Gasteiger partial charge in [0.05, 0.1) is 17.9 Å². The molecule has 0 atom stereocenters. The molecule has 0 unspecified atom stereocenters. The molecule has 0 saturated heterocycles. The van der Waals surface area contributed by atoms with Crippen molar-refractivity contribution in [1.82, 2.24) is 9.78 Å². The molecule has 152 valence electrons. The summed E-state index contributed by atoms with van der Waals surface area (Å²) in [5, 5.41) is 7.68. The lowest BCUT2D eigenvalue weighted by Crippen LogP contribution is -2.25. The van der Waals surface area contributed by atoms with Crippen LogP contribution in [0.15, 0.2) is 48.5 Å². The third kappa shape index (κ3) is 4.14. The lowest BCUT2D eigenvalue weighted by Gasteiger charge is -2.17. The summed E-state index contributed by atoms with van der Waals surface area (Å²) in [5.41, 5.74) is 4.66. The second-order valence-electron chi connectivity index (χ2n) is 7.18. The number of halogens is 1. The summed E-state index contributed by atoms with van der Waals surface area (Å²) in [6.07, 6.45) is 3.13. The molecule has 1 amide bonds. The molecule has 7 heteroatoms. The monoisotopic (exact) mass is 421 g/mol. The fourth-order valence-corrected chi connectivity index (χ4v) is 3.52. The first-order valence-electron chi connectivity index (χ1n) is 9.48. The zero-order valence-electron chi connectivity index (χ0n) is 16.6. The van der Waals surface area contributed by atoms with Gasteiger partial charge in [-0.1, -0.05) is 41.4 Å². The molecular weight excluding hydrogens is 402 g/mol. The zero-order valence-corrected chi connectivity index (χ0v) is 17.4. The highest BCUT2D eigenvalue weighted by Gasteiger charge is 2.17. The van der Waals surface area contributed by atoms with Gasteiger partial charge in [-0.15, -0.1) is 0 Å². The number of ketones is 1. The highest BCUT2D eigenvalue weighted by atomic mass is 35.5. The van der Waals surface area contributed by atoms with E-state index in [1.807, 2.05) is 38.1 Å². The maximum Gasteiger partial charge on any atom is 0.262 e. The summed E-state index contributed by atoms with van der Waals surface area (Å²) in [4.78, 5) is 24.1. The summed E-state index contributed by atoms with van der Waals surface area (Å²) in [6, 6.07) is 13.1. The topological polar surface area (TPSA) is 73.2 Å². The molecule has 1 aromatic heterocycles. The number of allylic oxidation sites excluding steroid dienone is 1. The maximum absolute atomic E-state index is 12.6. The highest BCUT2D eigenvalue weighted by molar-refractivity contribution is 6.31. The molecule has 0 fully saturated rings. The Hall–Kier alpha value is -3.38. The molecule has 1 aliphatic rings. The van der Waals surface area contributed by atoms with E-state index in [0.29, 0.717) is 34.3 Å². The Morgan fingerprint density at radius 3 is 2.77 bits per heavy atom. The van der Waals surface area contributed by atoms with Crippen LogP contribution in [-0.2, 0) is 11.3 Å². The summed E-state index contributed by atoms with van der Waals surface area (Å²) in [5.74, 6) is 0.0943. The van der Waals surface area contributed by atoms with Crippen LogP contribution >= 0.6 is 11.6 Å². The van der Waals surface area contributed by atoms with Gasteiger partial charge in [0.2, 0.25) is 0 Å². The van der Waals surface area contributed by atoms with Gasteiger partial charge >= 0.3 is 0 Å². The van der Waals surface area contributed by atoms with Gasteiger partial charge in [0.1, 0.15) is 10.9 Å². The van der Waals surface area contributed by atoms with Crippen molar-refractivity contribution < 1.29 is 14.3 Å². The molecule has 0 saturated carbocycles. The fraction of sp³-hybridized carbons (Fsp3) is 0.174. The number of carbonyl (C=O) groups is 2. The van der Waals surface area contributed by atoms with Crippen LogP contribution in [0.1, 0.15) is 32.7 Å². The Kier molecular flexibility index (Phi) is 5.42. The van der Waals surface area contributed by atoms with E-state index in [-0.39, 0.29) is 18.3 Å². The van der Waals surface area contributed by atoms with E-state index in [2.05, 4.69) is 10.4 Å². The minimum Gasteiger partial charge on any atom is -0.482 e. The maximum atomic E-state index is 12.6. The summed E-state index contributed by atoms with van der Waals surface area (Å²) in [7, 11) is 0. The van der Waals surface area contributed by atoms with Crippen LogP contribution in [0.5, 0.6) is 5.75 Å². The first-order chi connectivity index (χ1) is 14.4. The molecule has 4 rings (SSSR count). The lowest BCUT2D eigenvalue weighted by atomic mass is 10.1. The van der Waals surface area contributed by atoms with Gasteiger partial charge in [0, 0.05) is 11.1 Å². The van der Waals surface area contributed by atoms with E-state index < -0.39 is 0 Å². The normalized spacial score (nSPS) is 13.1. The zero-order chi connectivity index (χ0) is 21.3. The number of nitrogens with zero attached hydrogens (tertiary/aromatic N) is 2.